The van der Waals surface area contributed by atoms with Crippen LogP contribution in [0, 0.1) is 0 Å². The quantitative estimate of drug-likeness (QED) is 0.729. The molecular formula is C18H15NO. The molecule has 0 atom stereocenters. The van der Waals surface area contributed by atoms with Gasteiger partial charge in [-0.15, -0.1) is 0 Å². The largest absolute Gasteiger partial charge is 0.384 e. The van der Waals surface area contributed by atoms with Crippen molar-refractivity contribution in [2.75, 3.05) is 0 Å². The normalized spacial score (nSPS) is 16.2. The van der Waals surface area contributed by atoms with Crippen LogP contribution in [-0.4, -0.2) is 10.1 Å². The van der Waals surface area contributed by atoms with Gasteiger partial charge >= 0.3 is 0 Å². The molecule has 0 amide bonds. The minimum absolute atomic E-state index is 0.685. The molecule has 3 aromatic rings. The summed E-state index contributed by atoms with van der Waals surface area (Å²) in [6, 6.07) is 16.4. The molecule has 20 heavy (non-hydrogen) atoms. The van der Waals surface area contributed by atoms with Gasteiger partial charge in [-0.2, -0.15) is 0 Å². The average Bonchev–Trinajstić information content (AvgIpc) is 2.84. The number of hydrogen-bond acceptors (Lipinski definition) is 2. The van der Waals surface area contributed by atoms with Gasteiger partial charge in [0.15, 0.2) is 0 Å². The molecular weight excluding hydrogens is 246 g/mol. The molecule has 0 spiro atoms. The van der Waals surface area contributed by atoms with Crippen molar-refractivity contribution in [3.05, 3.63) is 77.6 Å². The lowest BCUT2D eigenvalue weighted by Gasteiger charge is -2.24. The van der Waals surface area contributed by atoms with Crippen molar-refractivity contribution in [3.63, 3.8) is 0 Å². The summed E-state index contributed by atoms with van der Waals surface area (Å²) >= 11 is 0. The van der Waals surface area contributed by atoms with E-state index in [1.807, 2.05) is 42.6 Å². The highest BCUT2D eigenvalue weighted by Gasteiger charge is 2.37. The van der Waals surface area contributed by atoms with E-state index in [0.717, 1.165) is 16.3 Å². The van der Waals surface area contributed by atoms with Gasteiger partial charge < -0.3 is 5.11 Å². The number of aliphatic hydroxyl groups is 1. The molecule has 0 bridgehead atoms. The van der Waals surface area contributed by atoms with Crippen LogP contribution in [0.25, 0.3) is 10.8 Å². The molecule has 1 aliphatic rings. The zero-order valence-corrected chi connectivity index (χ0v) is 11.1. The molecule has 2 nitrogen and oxygen atoms in total. The predicted molar refractivity (Wildman–Crippen MR) is 79.5 cm³/mol. The molecule has 0 fully saturated rings. The summed E-state index contributed by atoms with van der Waals surface area (Å²) in [6.07, 6.45) is 5.01. The Balaban J connectivity index is 1.89. The van der Waals surface area contributed by atoms with Crippen molar-refractivity contribution in [2.45, 2.75) is 18.4 Å². The summed E-state index contributed by atoms with van der Waals surface area (Å²) in [4.78, 5) is 4.16. The molecule has 2 aromatic carbocycles. The molecule has 2 heteroatoms. The number of fused-ring (bicyclic) bond motifs is 2. The fraction of sp³-hybridized carbons (Fsp3) is 0.167. The molecule has 0 saturated carbocycles. The standard InChI is InChI=1S/C18H15NO/c20-18(10-13-4-1-2-5-14(13)11-18)17-7-3-6-15-12-19-9-8-16(15)17/h1-9,12,20H,10-11H2. The molecule has 1 N–H and O–H groups in total. The van der Waals surface area contributed by atoms with Crippen LogP contribution < -0.4 is 0 Å². The minimum atomic E-state index is -0.801. The van der Waals surface area contributed by atoms with Crippen molar-refractivity contribution in [1.82, 2.24) is 4.98 Å². The van der Waals surface area contributed by atoms with E-state index in [0.29, 0.717) is 12.8 Å². The van der Waals surface area contributed by atoms with Crippen LogP contribution in [0.3, 0.4) is 0 Å². The maximum Gasteiger partial charge on any atom is 0.0983 e. The zero-order chi connectivity index (χ0) is 13.6. The smallest absolute Gasteiger partial charge is 0.0983 e. The molecule has 0 unspecified atom stereocenters. The Kier molecular flexibility index (Phi) is 2.41. The molecule has 0 saturated heterocycles. The van der Waals surface area contributed by atoms with E-state index in [1.54, 1.807) is 6.20 Å². The van der Waals surface area contributed by atoms with Crippen molar-refractivity contribution >= 4 is 10.8 Å². The highest BCUT2D eigenvalue weighted by Crippen LogP contribution is 2.40. The van der Waals surface area contributed by atoms with Crippen LogP contribution in [0.2, 0.25) is 0 Å². The molecule has 0 aliphatic heterocycles. The summed E-state index contributed by atoms with van der Waals surface area (Å²) in [5, 5.41) is 13.3. The van der Waals surface area contributed by atoms with Gasteiger partial charge in [-0.05, 0) is 28.1 Å². The molecule has 1 aliphatic carbocycles. The molecule has 98 valence electrons. The van der Waals surface area contributed by atoms with E-state index >= 15 is 0 Å². The molecule has 1 aromatic heterocycles. The Hall–Kier alpha value is -2.19. The number of rotatable bonds is 1. The van der Waals surface area contributed by atoms with Crippen LogP contribution in [0.5, 0.6) is 0 Å². The van der Waals surface area contributed by atoms with Crippen LogP contribution >= 0.6 is 0 Å². The Morgan fingerprint density at radius 2 is 1.65 bits per heavy atom. The second-order valence-corrected chi connectivity index (χ2v) is 5.56. The van der Waals surface area contributed by atoms with Gasteiger partial charge in [-0.3, -0.25) is 4.98 Å². The van der Waals surface area contributed by atoms with Crippen LogP contribution in [-0.2, 0) is 18.4 Å². The lowest BCUT2D eigenvalue weighted by molar-refractivity contribution is 0.0498. The number of hydrogen-bond donors (Lipinski definition) is 1. The minimum Gasteiger partial charge on any atom is -0.384 e. The topological polar surface area (TPSA) is 33.1 Å². The fourth-order valence-corrected chi connectivity index (χ4v) is 3.31. The summed E-state index contributed by atoms with van der Waals surface area (Å²) in [6.45, 7) is 0. The predicted octanol–water partition coefficient (Wildman–Crippen LogP) is 3.22. The number of aromatic nitrogens is 1. The first-order valence-corrected chi connectivity index (χ1v) is 6.89. The van der Waals surface area contributed by atoms with Gasteiger partial charge in [0.2, 0.25) is 0 Å². The Labute approximate surface area is 117 Å². The van der Waals surface area contributed by atoms with Crippen molar-refractivity contribution in [2.24, 2.45) is 0 Å². The third-order valence-electron chi connectivity index (χ3n) is 4.27. The maximum absolute atomic E-state index is 11.2. The monoisotopic (exact) mass is 261 g/mol. The van der Waals surface area contributed by atoms with E-state index in [2.05, 4.69) is 17.1 Å². The third kappa shape index (κ3) is 1.65. The maximum atomic E-state index is 11.2. The first-order valence-electron chi connectivity index (χ1n) is 6.89. The van der Waals surface area contributed by atoms with Gasteiger partial charge in [-0.25, -0.2) is 0 Å². The van der Waals surface area contributed by atoms with E-state index < -0.39 is 5.60 Å². The first kappa shape index (κ1) is 11.6. The van der Waals surface area contributed by atoms with Gasteiger partial charge in [0.25, 0.3) is 0 Å². The van der Waals surface area contributed by atoms with E-state index in [-0.39, 0.29) is 0 Å². The van der Waals surface area contributed by atoms with Gasteiger partial charge in [0, 0.05) is 30.6 Å². The third-order valence-corrected chi connectivity index (χ3v) is 4.27. The van der Waals surface area contributed by atoms with Crippen LogP contribution in [0.4, 0.5) is 0 Å². The highest BCUT2D eigenvalue weighted by atomic mass is 16.3. The Bertz CT molecular complexity index is 764. The Morgan fingerprint density at radius 3 is 2.40 bits per heavy atom. The average molecular weight is 261 g/mol. The second kappa shape index (κ2) is 4.15. The van der Waals surface area contributed by atoms with E-state index in [4.69, 9.17) is 0 Å². The second-order valence-electron chi connectivity index (χ2n) is 5.56. The molecule has 0 radical (unpaired) electrons. The van der Waals surface area contributed by atoms with Crippen LogP contribution in [0.1, 0.15) is 16.7 Å². The van der Waals surface area contributed by atoms with Crippen molar-refractivity contribution < 1.29 is 5.11 Å². The fourth-order valence-electron chi connectivity index (χ4n) is 3.31. The van der Waals surface area contributed by atoms with Crippen molar-refractivity contribution in [3.8, 4) is 0 Å². The highest BCUT2D eigenvalue weighted by molar-refractivity contribution is 5.85. The lowest BCUT2D eigenvalue weighted by atomic mass is 9.87. The first-order chi connectivity index (χ1) is 9.76. The Morgan fingerprint density at radius 1 is 0.900 bits per heavy atom. The van der Waals surface area contributed by atoms with Crippen molar-refractivity contribution in [1.29, 1.82) is 0 Å². The summed E-state index contributed by atoms with van der Waals surface area (Å²) in [7, 11) is 0. The van der Waals surface area contributed by atoms with E-state index in [9.17, 15) is 5.11 Å². The molecule has 4 rings (SSSR count). The van der Waals surface area contributed by atoms with Gasteiger partial charge in [0.1, 0.15) is 0 Å². The summed E-state index contributed by atoms with van der Waals surface area (Å²) < 4.78 is 0. The van der Waals surface area contributed by atoms with Gasteiger partial charge in [-0.1, -0.05) is 42.5 Å². The van der Waals surface area contributed by atoms with Crippen LogP contribution in [0.15, 0.2) is 60.9 Å². The van der Waals surface area contributed by atoms with Gasteiger partial charge in [0.05, 0.1) is 5.60 Å². The molecule has 1 heterocycles. The summed E-state index contributed by atoms with van der Waals surface area (Å²) in [5.41, 5.74) is 2.71. The van der Waals surface area contributed by atoms with E-state index in [1.165, 1.54) is 11.1 Å². The number of benzene rings is 2. The summed E-state index contributed by atoms with van der Waals surface area (Å²) in [5.74, 6) is 0. The SMILES string of the molecule is OC1(c2cccc3cnccc23)Cc2ccccc2C1. The lowest BCUT2D eigenvalue weighted by Crippen LogP contribution is -2.26. The number of nitrogens with zero attached hydrogens (tertiary/aromatic N) is 1. The number of pyridine rings is 1. The zero-order valence-electron chi connectivity index (χ0n) is 11.1.